The number of aliphatic imine (C=N–C) groups is 1. The summed E-state index contributed by atoms with van der Waals surface area (Å²) < 4.78 is 0. The number of unbranched alkanes of at least 4 members (excludes halogenated alkanes) is 2. The van der Waals surface area contributed by atoms with Gasteiger partial charge in [0.25, 0.3) is 0 Å². The van der Waals surface area contributed by atoms with Crippen LogP contribution < -0.4 is 38.5 Å². The number of carboxylic acids is 1. The largest absolute Gasteiger partial charge is 0.508 e. The summed E-state index contributed by atoms with van der Waals surface area (Å²) in [6.45, 7) is 8.00. The van der Waals surface area contributed by atoms with Gasteiger partial charge in [0, 0.05) is 24.4 Å². The zero-order valence-electron chi connectivity index (χ0n) is 34.6. The number of carboxylic acid groups (broad SMARTS) is 1. The fourth-order valence-electron chi connectivity index (χ4n) is 6.75. The zero-order chi connectivity index (χ0) is 44.1. The second kappa shape index (κ2) is 25.7. The average molecular weight is 829 g/mol. The number of nitrogens with one attached hydrogen (secondary N) is 4. The molecule has 0 aromatic heterocycles. The molecule has 20 heteroatoms. The van der Waals surface area contributed by atoms with Crippen molar-refractivity contribution < 1.29 is 39.0 Å². The van der Waals surface area contributed by atoms with Gasteiger partial charge in [0.1, 0.15) is 42.0 Å². The van der Waals surface area contributed by atoms with Gasteiger partial charge in [0.05, 0.1) is 0 Å². The van der Waals surface area contributed by atoms with Gasteiger partial charge >= 0.3 is 5.97 Å². The summed E-state index contributed by atoms with van der Waals surface area (Å²) in [5.41, 5.74) is 26.2. The third kappa shape index (κ3) is 17.0. The van der Waals surface area contributed by atoms with Crippen molar-refractivity contribution in [2.75, 3.05) is 19.6 Å². The van der Waals surface area contributed by atoms with E-state index in [4.69, 9.17) is 22.7 Å². The van der Waals surface area contributed by atoms with E-state index in [-0.39, 0.29) is 69.2 Å². The predicted octanol–water partition coefficient (Wildman–Crippen LogP) is 1.29. The number of rotatable bonds is 26. The summed E-state index contributed by atoms with van der Waals surface area (Å²) in [7, 11) is 0. The van der Waals surface area contributed by atoms with Gasteiger partial charge in [-0.3, -0.25) is 29.0 Å². The molecule has 20 nitrogen and oxygen atoms in total. The Kier molecular flexibility index (Phi) is 21.6. The van der Waals surface area contributed by atoms with Crippen molar-refractivity contribution in [3.8, 4) is 5.75 Å². The van der Waals surface area contributed by atoms with Crippen LogP contribution in [-0.4, -0.2) is 112 Å². The van der Waals surface area contributed by atoms with Crippen molar-refractivity contribution in [1.82, 2.24) is 26.2 Å². The Morgan fingerprint density at radius 1 is 0.898 bits per heavy atom. The van der Waals surface area contributed by atoms with Crippen molar-refractivity contribution in [3.05, 3.63) is 40.3 Å². The topological polar surface area (TPSA) is 333 Å². The Balaban J connectivity index is 2.40. The molecule has 0 bridgehead atoms. The lowest BCUT2D eigenvalue weighted by Crippen LogP contribution is -2.60. The first-order valence-corrected chi connectivity index (χ1v) is 20.3. The molecule has 12 N–H and O–H groups in total. The van der Waals surface area contributed by atoms with E-state index >= 15 is 0 Å². The summed E-state index contributed by atoms with van der Waals surface area (Å²) >= 11 is 0. The molecule has 1 fully saturated rings. The van der Waals surface area contributed by atoms with Crippen LogP contribution in [0.15, 0.2) is 34.4 Å². The highest BCUT2D eigenvalue weighted by molar-refractivity contribution is 5.97. The highest BCUT2D eigenvalue weighted by Crippen LogP contribution is 2.22. The summed E-state index contributed by atoms with van der Waals surface area (Å²) in [6.07, 6.45) is 3.86. The van der Waals surface area contributed by atoms with Gasteiger partial charge < -0.3 is 53.6 Å². The smallest absolute Gasteiger partial charge is 0.326 e. The molecule has 1 unspecified atom stereocenters. The number of hydrogen-bond acceptors (Lipinski definition) is 10. The Morgan fingerprint density at radius 2 is 1.58 bits per heavy atom. The highest BCUT2D eigenvalue weighted by atomic mass is 16.4. The lowest BCUT2D eigenvalue weighted by Gasteiger charge is -2.31. The number of likely N-dealkylation sites (tertiary alicyclic amines) is 1. The van der Waals surface area contributed by atoms with E-state index in [1.54, 1.807) is 19.1 Å². The maximum Gasteiger partial charge on any atom is 0.326 e. The van der Waals surface area contributed by atoms with Crippen LogP contribution in [0.3, 0.4) is 0 Å². The second-order valence-corrected chi connectivity index (χ2v) is 15.4. The molecular weight excluding hydrogens is 765 g/mol. The molecule has 1 aromatic carbocycles. The van der Waals surface area contributed by atoms with Crippen LogP contribution in [0.2, 0.25) is 0 Å². The van der Waals surface area contributed by atoms with Crippen molar-refractivity contribution in [2.24, 2.45) is 39.1 Å². The summed E-state index contributed by atoms with van der Waals surface area (Å²) in [5.74, 6) is -5.12. The number of phenols is 1. The number of azide groups is 1. The molecule has 7 atom stereocenters. The van der Waals surface area contributed by atoms with Gasteiger partial charge in [0.15, 0.2) is 5.96 Å². The van der Waals surface area contributed by atoms with Crippen molar-refractivity contribution in [2.45, 2.75) is 135 Å². The molecule has 59 heavy (non-hydrogen) atoms. The summed E-state index contributed by atoms with van der Waals surface area (Å²) in [5, 5.41) is 34.1. The van der Waals surface area contributed by atoms with E-state index in [2.05, 4.69) is 36.3 Å². The number of nitrogens with two attached hydrogens (primary N) is 3. The fourth-order valence-corrected chi connectivity index (χ4v) is 6.75. The monoisotopic (exact) mass is 828 g/mol. The Bertz CT molecular complexity index is 1630. The number of aromatic hydroxyl groups is 1. The van der Waals surface area contributed by atoms with E-state index in [1.807, 2.05) is 20.8 Å². The lowest BCUT2D eigenvalue weighted by atomic mass is 9.96. The number of nitrogens with zero attached hydrogens (tertiary/aromatic N) is 5. The molecule has 1 aromatic rings. The van der Waals surface area contributed by atoms with E-state index in [0.29, 0.717) is 37.8 Å². The maximum atomic E-state index is 14.2. The third-order valence-corrected chi connectivity index (χ3v) is 10.2. The Hall–Kier alpha value is -5.62. The van der Waals surface area contributed by atoms with Crippen LogP contribution in [0.5, 0.6) is 5.75 Å². The first-order valence-electron chi connectivity index (χ1n) is 20.3. The minimum atomic E-state index is -1.27. The van der Waals surface area contributed by atoms with Crippen molar-refractivity contribution in [1.29, 1.82) is 0 Å². The van der Waals surface area contributed by atoms with Crippen LogP contribution >= 0.6 is 0 Å². The van der Waals surface area contributed by atoms with E-state index < -0.39 is 77.7 Å². The first kappa shape index (κ1) is 49.5. The Morgan fingerprint density at radius 3 is 2.17 bits per heavy atom. The number of benzene rings is 1. The number of phenolic OH excluding ortho intramolecular Hbond substituents is 1. The molecule has 0 aliphatic carbocycles. The van der Waals surface area contributed by atoms with E-state index in [9.17, 15) is 39.0 Å². The number of carbonyl (C=O) groups is 6. The lowest BCUT2D eigenvalue weighted by molar-refractivity contribution is -0.143. The van der Waals surface area contributed by atoms with Crippen LogP contribution in [0.4, 0.5) is 0 Å². The summed E-state index contributed by atoms with van der Waals surface area (Å²) in [6, 6.07) is -0.870. The second-order valence-electron chi connectivity index (χ2n) is 15.4. The standard InChI is InChI=1S/C39H64N12O8/c1-5-24(4)32(36(56)47-30(38(58)59)21-23(2)3)48-34(54)29(22-25-14-16-26(52)17-15-25)46-35(55)31-13-10-20-51(31)37(57)28(12-9-19-44-39(41)42)45-33(53)27(49-50-43)11-7-6-8-18-40/h14-17,23-24,27-32,52H,5-13,18-22,40H2,1-4H3,(H,45,53)(H,46,55)(H,47,56)(H,48,54)(H,58,59)(H4,41,42,44)/t24-,27?,28-,29-,30-,31-,32-/m0/s1. The molecular formula is C39H64N12O8. The molecule has 328 valence electrons. The minimum absolute atomic E-state index is 0.0147. The van der Waals surface area contributed by atoms with Crippen LogP contribution in [0.25, 0.3) is 10.4 Å². The minimum Gasteiger partial charge on any atom is -0.508 e. The van der Waals surface area contributed by atoms with Crippen molar-refractivity contribution >= 4 is 41.5 Å². The summed E-state index contributed by atoms with van der Waals surface area (Å²) in [4.78, 5) is 89.5. The quantitative estimate of drug-likeness (QED) is 0.0160. The SMILES string of the molecule is CC[C@H](C)[C@H](NC(=O)[C@H](Cc1ccc(O)cc1)NC(=O)[C@@H]1CCCN1C(=O)[C@H](CCCN=C(N)N)NC(=O)C(CCCCCN)N=[N+]=[N-])C(=O)N[C@@H](CC(C)C)C(=O)O. The van der Waals surface area contributed by atoms with Gasteiger partial charge in [0.2, 0.25) is 29.5 Å². The first-order chi connectivity index (χ1) is 28.0. The normalized spacial score (nSPS) is 16.6. The third-order valence-electron chi connectivity index (χ3n) is 10.2. The van der Waals surface area contributed by atoms with Crippen molar-refractivity contribution in [3.63, 3.8) is 0 Å². The molecule has 0 saturated carbocycles. The molecule has 1 heterocycles. The van der Waals surface area contributed by atoms with Crippen LogP contribution in [0.1, 0.15) is 97.5 Å². The number of carbonyl (C=O) groups excluding carboxylic acids is 5. The highest BCUT2D eigenvalue weighted by Gasteiger charge is 2.40. The molecule has 2 rings (SSSR count). The van der Waals surface area contributed by atoms with Gasteiger partial charge in [-0.25, -0.2) is 4.79 Å². The molecule has 0 spiro atoms. The molecule has 1 aliphatic heterocycles. The zero-order valence-corrected chi connectivity index (χ0v) is 34.6. The van der Waals surface area contributed by atoms with Crippen LogP contribution in [0, 0.1) is 11.8 Å². The number of guanidine groups is 1. The molecule has 0 radical (unpaired) electrons. The number of hydrogen-bond donors (Lipinski definition) is 9. The molecule has 5 amide bonds. The number of aliphatic carboxylic acids is 1. The van der Waals surface area contributed by atoms with Gasteiger partial charge in [-0.05, 0) is 86.6 Å². The predicted molar refractivity (Wildman–Crippen MR) is 221 cm³/mol. The average Bonchev–Trinajstić information content (AvgIpc) is 3.69. The maximum absolute atomic E-state index is 14.2. The number of amides is 5. The van der Waals surface area contributed by atoms with Gasteiger partial charge in [-0.2, -0.15) is 0 Å². The Labute approximate surface area is 345 Å². The van der Waals surface area contributed by atoms with Gasteiger partial charge in [-0.1, -0.05) is 64.2 Å². The molecule has 1 aliphatic rings. The molecule has 1 saturated heterocycles. The van der Waals surface area contributed by atoms with E-state index in [0.717, 1.165) is 6.42 Å². The van der Waals surface area contributed by atoms with Crippen LogP contribution in [-0.2, 0) is 35.2 Å². The van der Waals surface area contributed by atoms with Gasteiger partial charge in [-0.15, -0.1) is 0 Å². The fraction of sp³-hybridized carbons (Fsp3) is 0.667. The van der Waals surface area contributed by atoms with E-state index in [1.165, 1.54) is 17.0 Å².